The number of rotatable bonds is 7. The van der Waals surface area contributed by atoms with Crippen LogP contribution in [0.5, 0.6) is 0 Å². The summed E-state index contributed by atoms with van der Waals surface area (Å²) in [4.78, 5) is 44.3. The molecule has 10 heteroatoms. The number of carbonyl (C=O) groups excluding carboxylic acids is 1. The van der Waals surface area contributed by atoms with Crippen molar-refractivity contribution in [3.05, 3.63) is 145 Å². The van der Waals surface area contributed by atoms with E-state index in [0.717, 1.165) is 11.3 Å². The van der Waals surface area contributed by atoms with E-state index in [1.54, 1.807) is 43.3 Å². The minimum atomic E-state index is -1.09. The number of carboxylic acids is 1. The molecule has 6 rings (SSSR count). The van der Waals surface area contributed by atoms with Crippen molar-refractivity contribution in [1.29, 1.82) is 0 Å². The lowest BCUT2D eigenvalue weighted by Crippen LogP contribution is -2.40. The van der Waals surface area contributed by atoms with Gasteiger partial charge >= 0.3 is 11.9 Å². The van der Waals surface area contributed by atoms with Gasteiger partial charge in [0.1, 0.15) is 17.3 Å². The summed E-state index contributed by atoms with van der Waals surface area (Å²) in [5.74, 6) is -1.53. The maximum atomic E-state index is 14.0. The van der Waals surface area contributed by atoms with E-state index in [9.17, 15) is 23.9 Å². The number of benzene rings is 3. The van der Waals surface area contributed by atoms with Crippen molar-refractivity contribution < 1.29 is 28.2 Å². The normalized spacial score (nSPS) is 14.7. The average Bonchev–Trinajstić information content (AvgIpc) is 3.61. The van der Waals surface area contributed by atoms with Crippen molar-refractivity contribution >= 4 is 35.0 Å². The Labute approximate surface area is 248 Å². The maximum absolute atomic E-state index is 14.0. The summed E-state index contributed by atoms with van der Waals surface area (Å²) in [6.07, 6.45) is 1.55. The molecule has 0 aliphatic carbocycles. The molecule has 0 saturated heterocycles. The van der Waals surface area contributed by atoms with Crippen molar-refractivity contribution in [2.75, 3.05) is 6.61 Å². The number of hydrogen-bond donors (Lipinski definition) is 1. The molecule has 3 aromatic carbocycles. The Morgan fingerprint density at radius 3 is 2.47 bits per heavy atom. The molecule has 5 aromatic rings. The van der Waals surface area contributed by atoms with Crippen molar-refractivity contribution in [2.45, 2.75) is 13.0 Å². The van der Waals surface area contributed by atoms with Crippen LogP contribution in [-0.4, -0.2) is 28.2 Å². The van der Waals surface area contributed by atoms with Gasteiger partial charge in [-0.15, -0.1) is 0 Å². The molecule has 1 aliphatic rings. The summed E-state index contributed by atoms with van der Waals surface area (Å²) in [7, 11) is 0. The largest absolute Gasteiger partial charge is 0.478 e. The van der Waals surface area contributed by atoms with Gasteiger partial charge in [-0.2, -0.15) is 0 Å². The van der Waals surface area contributed by atoms with Crippen LogP contribution in [0.25, 0.3) is 23.1 Å². The standard InChI is InChI=1S/C33H23FN2O6S/c1-2-41-32(40)27-28(19-8-4-3-5-9-19)35-33-36(29(27)20-12-14-21(34)15-13-20)30(37)26(43-33)18-22-16-17-25(42-22)23-10-6-7-11-24(23)31(38)39/h3-18,29H,2H2,1H3,(H,38,39)/b26-18-/t29-/m1/s1. The average molecular weight is 595 g/mol. The highest BCUT2D eigenvalue weighted by atomic mass is 32.1. The molecule has 0 unspecified atom stereocenters. The zero-order chi connectivity index (χ0) is 30.1. The van der Waals surface area contributed by atoms with Gasteiger partial charge in [0.2, 0.25) is 0 Å². The molecule has 0 fully saturated rings. The monoisotopic (exact) mass is 594 g/mol. The maximum Gasteiger partial charge on any atom is 0.338 e. The van der Waals surface area contributed by atoms with Crippen molar-refractivity contribution in [2.24, 2.45) is 4.99 Å². The Kier molecular flexibility index (Phi) is 7.43. The van der Waals surface area contributed by atoms with Crippen LogP contribution in [0.2, 0.25) is 0 Å². The number of carbonyl (C=O) groups is 2. The van der Waals surface area contributed by atoms with E-state index in [-0.39, 0.29) is 22.3 Å². The van der Waals surface area contributed by atoms with Crippen LogP contribution in [0.1, 0.15) is 40.2 Å². The lowest BCUT2D eigenvalue weighted by Gasteiger charge is -2.25. The molecule has 8 nitrogen and oxygen atoms in total. The van der Waals surface area contributed by atoms with Gasteiger partial charge in [-0.25, -0.2) is 19.0 Å². The fourth-order valence-corrected chi connectivity index (χ4v) is 5.97. The predicted molar refractivity (Wildman–Crippen MR) is 159 cm³/mol. The van der Waals surface area contributed by atoms with E-state index >= 15 is 0 Å². The van der Waals surface area contributed by atoms with E-state index in [1.165, 1.54) is 34.9 Å². The van der Waals surface area contributed by atoms with E-state index in [4.69, 9.17) is 14.1 Å². The Bertz CT molecular complexity index is 2070. The highest BCUT2D eigenvalue weighted by molar-refractivity contribution is 7.07. The van der Waals surface area contributed by atoms with Crippen LogP contribution in [0.3, 0.4) is 0 Å². The zero-order valence-electron chi connectivity index (χ0n) is 22.7. The highest BCUT2D eigenvalue weighted by Gasteiger charge is 2.35. The minimum absolute atomic E-state index is 0.0852. The number of halogens is 1. The summed E-state index contributed by atoms with van der Waals surface area (Å²) in [6.45, 7) is 1.80. The van der Waals surface area contributed by atoms with Crippen LogP contribution in [-0.2, 0) is 9.53 Å². The third kappa shape index (κ3) is 5.24. The smallest absolute Gasteiger partial charge is 0.338 e. The van der Waals surface area contributed by atoms with Gasteiger partial charge in [0.15, 0.2) is 4.80 Å². The van der Waals surface area contributed by atoms with Crippen LogP contribution in [0.4, 0.5) is 4.39 Å². The molecular weight excluding hydrogens is 571 g/mol. The molecule has 0 bridgehead atoms. The number of carboxylic acid groups (broad SMARTS) is 1. The molecular formula is C33H23FN2O6S. The summed E-state index contributed by atoms with van der Waals surface area (Å²) in [6, 6.07) is 23.5. The van der Waals surface area contributed by atoms with Crippen LogP contribution < -0.4 is 14.9 Å². The number of nitrogens with zero attached hydrogens (tertiary/aromatic N) is 2. The lowest BCUT2D eigenvalue weighted by molar-refractivity contribution is -0.138. The minimum Gasteiger partial charge on any atom is -0.478 e. The Morgan fingerprint density at radius 1 is 1.02 bits per heavy atom. The second-order valence-electron chi connectivity index (χ2n) is 9.54. The van der Waals surface area contributed by atoms with E-state index in [1.807, 2.05) is 30.3 Å². The first-order valence-electron chi connectivity index (χ1n) is 13.3. The Hall–Kier alpha value is -5.35. The fourth-order valence-electron chi connectivity index (χ4n) is 4.99. The predicted octanol–water partition coefficient (Wildman–Crippen LogP) is 5.03. The van der Waals surface area contributed by atoms with Gasteiger partial charge in [0.25, 0.3) is 5.56 Å². The van der Waals surface area contributed by atoms with Crippen molar-refractivity contribution in [3.63, 3.8) is 0 Å². The Morgan fingerprint density at radius 2 is 1.74 bits per heavy atom. The summed E-state index contributed by atoms with van der Waals surface area (Å²) in [5.41, 5.74) is 1.72. The molecule has 0 spiro atoms. The number of furan rings is 1. The molecule has 214 valence electrons. The van der Waals surface area contributed by atoms with E-state index in [2.05, 4.69) is 0 Å². The molecule has 1 atom stereocenters. The van der Waals surface area contributed by atoms with Gasteiger partial charge in [-0.1, -0.05) is 72.0 Å². The number of aromatic nitrogens is 1. The SMILES string of the molecule is CCOC(=O)C1=C(c2ccccc2)N=c2s/c(=C\c3ccc(-c4ccccc4C(=O)O)o3)c(=O)n2[C@@H]1c1ccc(F)cc1. The first-order valence-corrected chi connectivity index (χ1v) is 14.1. The van der Waals surface area contributed by atoms with Crippen LogP contribution in [0, 0.1) is 5.82 Å². The first-order chi connectivity index (χ1) is 20.9. The molecule has 1 aliphatic heterocycles. The number of aromatic carboxylic acids is 1. The molecule has 0 radical (unpaired) electrons. The first kappa shape index (κ1) is 27.8. The van der Waals surface area contributed by atoms with Crippen molar-refractivity contribution in [3.8, 4) is 11.3 Å². The van der Waals surface area contributed by atoms with Crippen LogP contribution >= 0.6 is 11.3 Å². The van der Waals surface area contributed by atoms with E-state index in [0.29, 0.717) is 38.7 Å². The van der Waals surface area contributed by atoms with Gasteiger partial charge in [-0.3, -0.25) is 9.36 Å². The molecule has 1 N–H and O–H groups in total. The number of fused-ring (bicyclic) bond motifs is 1. The second-order valence-corrected chi connectivity index (χ2v) is 10.5. The van der Waals surface area contributed by atoms with Gasteiger partial charge in [0, 0.05) is 17.2 Å². The topological polar surface area (TPSA) is 111 Å². The summed E-state index contributed by atoms with van der Waals surface area (Å²) >= 11 is 1.11. The highest BCUT2D eigenvalue weighted by Crippen LogP contribution is 2.35. The van der Waals surface area contributed by atoms with Crippen molar-refractivity contribution in [1.82, 2.24) is 4.57 Å². The third-order valence-electron chi connectivity index (χ3n) is 6.88. The second kappa shape index (κ2) is 11.5. The quantitative estimate of drug-likeness (QED) is 0.265. The number of hydrogen-bond acceptors (Lipinski definition) is 7. The lowest BCUT2D eigenvalue weighted by atomic mass is 9.93. The molecule has 0 saturated carbocycles. The summed E-state index contributed by atoms with van der Waals surface area (Å²) in [5, 5.41) is 9.57. The molecule has 0 amide bonds. The number of thiazole rings is 1. The van der Waals surface area contributed by atoms with Crippen LogP contribution in [0.15, 0.2) is 111 Å². The van der Waals surface area contributed by atoms with E-state index < -0.39 is 29.4 Å². The van der Waals surface area contributed by atoms with Gasteiger partial charge in [0.05, 0.1) is 34.0 Å². The molecule has 3 heterocycles. The Balaban J connectivity index is 1.55. The van der Waals surface area contributed by atoms with Gasteiger partial charge < -0.3 is 14.3 Å². The zero-order valence-corrected chi connectivity index (χ0v) is 23.5. The molecule has 2 aromatic heterocycles. The summed E-state index contributed by atoms with van der Waals surface area (Å²) < 4.78 is 27.0. The fraction of sp³-hybridized carbons (Fsp3) is 0.0909. The van der Waals surface area contributed by atoms with Gasteiger partial charge in [-0.05, 0) is 42.8 Å². The third-order valence-corrected chi connectivity index (χ3v) is 7.87. The number of esters is 1. The number of ether oxygens (including phenoxy) is 1. The molecule has 43 heavy (non-hydrogen) atoms.